The van der Waals surface area contributed by atoms with Gasteiger partial charge in [0, 0.05) is 38.8 Å². The van der Waals surface area contributed by atoms with Gasteiger partial charge < -0.3 is 9.84 Å². The molecule has 2 rings (SSSR count). The summed E-state index contributed by atoms with van der Waals surface area (Å²) in [5.41, 5.74) is 1.15. The fourth-order valence-corrected chi connectivity index (χ4v) is 2.70. The van der Waals surface area contributed by atoms with Crippen LogP contribution in [0.3, 0.4) is 0 Å². The van der Waals surface area contributed by atoms with E-state index in [1.165, 1.54) is 0 Å². The van der Waals surface area contributed by atoms with E-state index in [2.05, 4.69) is 23.6 Å². The van der Waals surface area contributed by atoms with Gasteiger partial charge in [0.2, 0.25) is 0 Å². The third-order valence-electron chi connectivity index (χ3n) is 4.03. The van der Waals surface area contributed by atoms with E-state index in [1.807, 2.05) is 30.3 Å². The smallest absolute Gasteiger partial charge is 0.0900 e. The first-order valence-corrected chi connectivity index (χ1v) is 7.91. The van der Waals surface area contributed by atoms with Gasteiger partial charge in [-0.1, -0.05) is 30.3 Å². The molecule has 1 aliphatic heterocycles. The van der Waals surface area contributed by atoms with Gasteiger partial charge in [0.25, 0.3) is 0 Å². The van der Waals surface area contributed by atoms with Crippen molar-refractivity contribution < 1.29 is 9.84 Å². The van der Waals surface area contributed by atoms with Crippen LogP contribution in [0.25, 0.3) is 0 Å². The van der Waals surface area contributed by atoms with Crippen LogP contribution in [0.2, 0.25) is 0 Å². The van der Waals surface area contributed by atoms with Crippen molar-refractivity contribution in [1.29, 1.82) is 0 Å². The van der Waals surface area contributed by atoms with Crippen LogP contribution in [-0.4, -0.2) is 66.4 Å². The molecule has 118 valence electrons. The number of rotatable bonds is 7. The van der Waals surface area contributed by atoms with Gasteiger partial charge in [-0.25, -0.2) is 0 Å². The number of nitrogens with zero attached hydrogens (tertiary/aromatic N) is 2. The van der Waals surface area contributed by atoms with Crippen LogP contribution in [0.5, 0.6) is 0 Å². The lowest BCUT2D eigenvalue weighted by atomic mass is 10.2. The van der Waals surface area contributed by atoms with E-state index < -0.39 is 6.10 Å². The number of ether oxygens (including phenoxy) is 1. The molecule has 1 aromatic rings. The van der Waals surface area contributed by atoms with Crippen LogP contribution in [0.1, 0.15) is 19.4 Å². The van der Waals surface area contributed by atoms with Gasteiger partial charge in [-0.3, -0.25) is 9.80 Å². The summed E-state index contributed by atoms with van der Waals surface area (Å²) in [6, 6.07) is 10.7. The summed E-state index contributed by atoms with van der Waals surface area (Å²) in [7, 11) is 0. The van der Waals surface area contributed by atoms with E-state index >= 15 is 0 Å². The second kappa shape index (κ2) is 8.49. The zero-order valence-electron chi connectivity index (χ0n) is 13.2. The van der Waals surface area contributed by atoms with Gasteiger partial charge in [0.1, 0.15) is 0 Å². The maximum atomic E-state index is 10.1. The Morgan fingerprint density at radius 3 is 2.38 bits per heavy atom. The van der Waals surface area contributed by atoms with Crippen LogP contribution in [0.15, 0.2) is 30.3 Å². The van der Waals surface area contributed by atoms with Crippen LogP contribution >= 0.6 is 0 Å². The number of hydrogen-bond acceptors (Lipinski definition) is 4. The van der Waals surface area contributed by atoms with Crippen LogP contribution < -0.4 is 0 Å². The Balaban J connectivity index is 1.61. The van der Waals surface area contributed by atoms with Crippen molar-refractivity contribution >= 4 is 0 Å². The number of hydrogen-bond donors (Lipinski definition) is 1. The first kappa shape index (κ1) is 16.4. The first-order valence-electron chi connectivity index (χ1n) is 7.91. The third-order valence-corrected chi connectivity index (χ3v) is 4.03. The first-order chi connectivity index (χ1) is 10.1. The van der Waals surface area contributed by atoms with Crippen LogP contribution in [0.4, 0.5) is 0 Å². The summed E-state index contributed by atoms with van der Waals surface area (Å²) in [5.74, 6) is 0. The number of aliphatic hydroxyl groups is 1. The van der Waals surface area contributed by atoms with Gasteiger partial charge in [-0.05, 0) is 19.4 Å². The second-order valence-electron chi connectivity index (χ2n) is 6.08. The number of aliphatic hydroxyl groups excluding tert-OH is 1. The quantitative estimate of drug-likeness (QED) is 0.828. The minimum atomic E-state index is -0.403. The van der Waals surface area contributed by atoms with Gasteiger partial charge in [-0.2, -0.15) is 0 Å². The molecule has 1 aromatic carbocycles. The Bertz CT molecular complexity index is 389. The van der Waals surface area contributed by atoms with Crippen LogP contribution in [-0.2, 0) is 11.3 Å². The summed E-state index contributed by atoms with van der Waals surface area (Å²) in [4.78, 5) is 4.81. The van der Waals surface area contributed by atoms with Crippen molar-refractivity contribution in [3.05, 3.63) is 35.9 Å². The minimum absolute atomic E-state index is 0.402. The van der Waals surface area contributed by atoms with Gasteiger partial charge in [0.15, 0.2) is 0 Å². The number of β-amino-alcohol motifs (C(OH)–C–C–N with tert-alkyl or cyclic N) is 1. The summed E-state index contributed by atoms with van der Waals surface area (Å²) in [6.07, 6.45) is -0.403. The Morgan fingerprint density at radius 2 is 1.76 bits per heavy atom. The van der Waals surface area contributed by atoms with E-state index in [0.29, 0.717) is 25.8 Å². The number of piperazine rings is 1. The average Bonchev–Trinajstić information content (AvgIpc) is 2.49. The topological polar surface area (TPSA) is 35.9 Å². The molecule has 1 saturated heterocycles. The normalized spacial score (nSPS) is 19.0. The molecule has 0 saturated carbocycles. The van der Waals surface area contributed by atoms with E-state index in [9.17, 15) is 5.11 Å². The molecule has 1 atom stereocenters. The molecular weight excluding hydrogens is 264 g/mol. The molecule has 1 aliphatic rings. The van der Waals surface area contributed by atoms with Gasteiger partial charge in [-0.15, -0.1) is 0 Å². The highest BCUT2D eigenvalue weighted by molar-refractivity contribution is 5.13. The average molecular weight is 292 g/mol. The fraction of sp³-hybridized carbons (Fsp3) is 0.647. The molecule has 1 unspecified atom stereocenters. The maximum Gasteiger partial charge on any atom is 0.0900 e. The largest absolute Gasteiger partial charge is 0.389 e. The molecule has 0 aromatic heterocycles. The molecule has 0 aliphatic carbocycles. The zero-order chi connectivity index (χ0) is 15.1. The fourth-order valence-electron chi connectivity index (χ4n) is 2.70. The molecule has 0 radical (unpaired) electrons. The van der Waals surface area contributed by atoms with Gasteiger partial charge in [0.05, 0.1) is 19.3 Å². The standard InChI is InChI=1S/C17H28N2O2/c1-15(2)19-10-8-18(9-11-19)12-17(20)14-21-13-16-6-4-3-5-7-16/h3-7,15,17,20H,8-14H2,1-2H3. The summed E-state index contributed by atoms with van der Waals surface area (Å²) >= 11 is 0. The van der Waals surface area contributed by atoms with E-state index in [-0.39, 0.29) is 0 Å². The third kappa shape index (κ3) is 5.75. The van der Waals surface area contributed by atoms with Crippen molar-refractivity contribution in [2.24, 2.45) is 0 Å². The van der Waals surface area contributed by atoms with E-state index in [0.717, 1.165) is 31.7 Å². The highest BCUT2D eigenvalue weighted by atomic mass is 16.5. The highest BCUT2D eigenvalue weighted by Gasteiger charge is 2.20. The summed E-state index contributed by atoms with van der Waals surface area (Å²) in [6.45, 7) is 10.4. The van der Waals surface area contributed by atoms with Gasteiger partial charge >= 0.3 is 0 Å². The maximum absolute atomic E-state index is 10.1. The zero-order valence-corrected chi connectivity index (χ0v) is 13.2. The molecule has 21 heavy (non-hydrogen) atoms. The van der Waals surface area contributed by atoms with Crippen molar-refractivity contribution in [3.63, 3.8) is 0 Å². The van der Waals surface area contributed by atoms with Crippen molar-refractivity contribution in [2.75, 3.05) is 39.3 Å². The predicted octanol–water partition coefficient (Wildman–Crippen LogP) is 1.59. The monoisotopic (exact) mass is 292 g/mol. The van der Waals surface area contributed by atoms with E-state index in [1.54, 1.807) is 0 Å². The molecule has 0 amide bonds. The molecule has 1 N–H and O–H groups in total. The lowest BCUT2D eigenvalue weighted by molar-refractivity contribution is -0.000699. The molecular formula is C17H28N2O2. The molecule has 1 heterocycles. The lowest BCUT2D eigenvalue weighted by Crippen LogP contribution is -2.50. The van der Waals surface area contributed by atoms with Crippen molar-refractivity contribution in [1.82, 2.24) is 9.80 Å². The lowest BCUT2D eigenvalue weighted by Gasteiger charge is -2.37. The van der Waals surface area contributed by atoms with Crippen molar-refractivity contribution in [2.45, 2.75) is 32.6 Å². The molecule has 4 nitrogen and oxygen atoms in total. The Morgan fingerprint density at radius 1 is 1.10 bits per heavy atom. The summed E-state index contributed by atoms with van der Waals surface area (Å²) in [5, 5.41) is 10.1. The Kier molecular flexibility index (Phi) is 6.64. The SMILES string of the molecule is CC(C)N1CCN(CC(O)COCc2ccccc2)CC1. The second-order valence-corrected chi connectivity index (χ2v) is 6.08. The highest BCUT2D eigenvalue weighted by Crippen LogP contribution is 2.07. The minimum Gasteiger partial charge on any atom is -0.389 e. The summed E-state index contributed by atoms with van der Waals surface area (Å²) < 4.78 is 5.60. The molecule has 0 bridgehead atoms. The molecule has 4 heteroatoms. The Labute approximate surface area is 128 Å². The van der Waals surface area contributed by atoms with E-state index in [4.69, 9.17) is 4.74 Å². The number of benzene rings is 1. The predicted molar refractivity (Wildman–Crippen MR) is 85.3 cm³/mol. The molecule has 0 spiro atoms. The van der Waals surface area contributed by atoms with Crippen LogP contribution in [0, 0.1) is 0 Å². The Hall–Kier alpha value is -0.940. The molecule has 1 fully saturated rings. The van der Waals surface area contributed by atoms with Crippen molar-refractivity contribution in [3.8, 4) is 0 Å².